The van der Waals surface area contributed by atoms with Crippen LogP contribution in [0.3, 0.4) is 0 Å². The molecule has 1 aliphatic heterocycles. The van der Waals surface area contributed by atoms with Gasteiger partial charge in [0.2, 0.25) is 5.91 Å². The van der Waals surface area contributed by atoms with Gasteiger partial charge in [0.25, 0.3) is 0 Å². The first-order valence-corrected chi connectivity index (χ1v) is 9.77. The molecule has 8 heteroatoms. The van der Waals surface area contributed by atoms with E-state index in [1.165, 1.54) is 0 Å². The molecular formula is C22H28Cl2N4O2. The zero-order valence-corrected chi connectivity index (χ0v) is 18.6. The van der Waals surface area contributed by atoms with Crippen LogP contribution in [0, 0.1) is 5.92 Å². The summed E-state index contributed by atoms with van der Waals surface area (Å²) in [5.74, 6) is 2.03. The summed E-state index contributed by atoms with van der Waals surface area (Å²) in [6.45, 7) is 4.03. The molecule has 0 aliphatic carbocycles. The van der Waals surface area contributed by atoms with Gasteiger partial charge in [0.1, 0.15) is 24.7 Å². The maximum atomic E-state index is 13.1. The fraction of sp³-hybridized carbons (Fsp3) is 0.364. The molecule has 1 amide bonds. The molecule has 1 fully saturated rings. The maximum Gasteiger partial charge on any atom is 0.242 e. The molecule has 6 nitrogen and oxygen atoms in total. The lowest BCUT2D eigenvalue weighted by molar-refractivity contribution is -0.132. The number of benzene rings is 2. The Morgan fingerprint density at radius 1 is 1.13 bits per heavy atom. The normalized spacial score (nSPS) is 18.0. The van der Waals surface area contributed by atoms with Crippen molar-refractivity contribution in [2.24, 2.45) is 11.7 Å². The minimum Gasteiger partial charge on any atom is -0.486 e. The Hall–Kier alpha value is -2.28. The number of aromatic nitrogens is 2. The van der Waals surface area contributed by atoms with Gasteiger partial charge >= 0.3 is 0 Å². The van der Waals surface area contributed by atoms with E-state index in [-0.39, 0.29) is 43.3 Å². The number of imidazole rings is 1. The van der Waals surface area contributed by atoms with Gasteiger partial charge in [-0.2, -0.15) is 0 Å². The number of fused-ring (bicyclic) bond motifs is 1. The highest BCUT2D eigenvalue weighted by Gasteiger charge is 2.32. The summed E-state index contributed by atoms with van der Waals surface area (Å²) in [6, 6.07) is 17.8. The van der Waals surface area contributed by atoms with Crippen molar-refractivity contribution in [3.63, 3.8) is 0 Å². The van der Waals surface area contributed by atoms with Crippen LogP contribution in [-0.4, -0.2) is 39.5 Å². The lowest BCUT2D eigenvalue weighted by Gasteiger charge is -2.22. The van der Waals surface area contributed by atoms with Crippen LogP contribution in [-0.2, 0) is 17.9 Å². The highest BCUT2D eigenvalue weighted by Crippen LogP contribution is 2.24. The maximum absolute atomic E-state index is 13.1. The van der Waals surface area contributed by atoms with Crippen LogP contribution in [0.25, 0.3) is 11.0 Å². The molecule has 3 aromatic rings. The molecule has 30 heavy (non-hydrogen) atoms. The highest BCUT2D eigenvalue weighted by molar-refractivity contribution is 5.85. The molecule has 2 atom stereocenters. The topological polar surface area (TPSA) is 73.4 Å². The Morgan fingerprint density at radius 2 is 1.83 bits per heavy atom. The van der Waals surface area contributed by atoms with Crippen LogP contribution in [0.4, 0.5) is 0 Å². The van der Waals surface area contributed by atoms with Crippen molar-refractivity contribution in [1.82, 2.24) is 14.5 Å². The van der Waals surface area contributed by atoms with Crippen LogP contribution in [0.2, 0.25) is 0 Å². The molecule has 0 radical (unpaired) electrons. The van der Waals surface area contributed by atoms with E-state index in [1.54, 1.807) is 0 Å². The number of halogens is 2. The number of rotatable bonds is 6. The summed E-state index contributed by atoms with van der Waals surface area (Å²) in [6.07, 6.45) is 0.969. The van der Waals surface area contributed by atoms with Crippen molar-refractivity contribution in [1.29, 1.82) is 0 Å². The SMILES string of the molecule is CC1CC(CN)CN1C(=O)Cn1c(COc2ccccc2)nc2ccccc21.Cl.Cl. The third-order valence-corrected chi connectivity index (χ3v) is 5.45. The van der Waals surface area contributed by atoms with Gasteiger partial charge in [-0.05, 0) is 50.1 Å². The molecule has 162 valence electrons. The Kier molecular flexibility index (Phi) is 8.53. The van der Waals surface area contributed by atoms with Crippen molar-refractivity contribution in [3.05, 3.63) is 60.4 Å². The molecule has 0 spiro atoms. The average Bonchev–Trinajstić information content (AvgIpc) is 3.27. The zero-order chi connectivity index (χ0) is 19.5. The van der Waals surface area contributed by atoms with E-state index < -0.39 is 0 Å². The molecule has 1 saturated heterocycles. The van der Waals surface area contributed by atoms with Crippen LogP contribution in [0.15, 0.2) is 54.6 Å². The predicted octanol–water partition coefficient (Wildman–Crippen LogP) is 3.65. The van der Waals surface area contributed by atoms with Crippen molar-refractivity contribution in [2.45, 2.75) is 32.5 Å². The molecule has 2 heterocycles. The number of nitrogens with two attached hydrogens (primary N) is 1. The fourth-order valence-electron chi connectivity index (χ4n) is 3.96. The lowest BCUT2D eigenvalue weighted by Crippen LogP contribution is -2.37. The van der Waals surface area contributed by atoms with Crippen molar-refractivity contribution in [3.8, 4) is 5.75 Å². The average molecular weight is 451 g/mol. The second kappa shape index (κ2) is 10.7. The van der Waals surface area contributed by atoms with E-state index in [1.807, 2.05) is 64.1 Å². The van der Waals surface area contributed by atoms with E-state index in [0.717, 1.165) is 35.6 Å². The molecule has 1 aromatic heterocycles. The summed E-state index contributed by atoms with van der Waals surface area (Å²) in [7, 11) is 0. The van der Waals surface area contributed by atoms with Gasteiger partial charge in [-0.15, -0.1) is 24.8 Å². The third kappa shape index (κ3) is 5.06. The van der Waals surface area contributed by atoms with Gasteiger partial charge in [-0.3, -0.25) is 4.79 Å². The zero-order valence-electron chi connectivity index (χ0n) is 16.9. The first kappa shape index (κ1) is 24.0. The monoisotopic (exact) mass is 450 g/mol. The van der Waals surface area contributed by atoms with Gasteiger partial charge in [0, 0.05) is 12.6 Å². The number of carbonyl (C=O) groups is 1. The van der Waals surface area contributed by atoms with Crippen LogP contribution in [0.5, 0.6) is 5.75 Å². The first-order chi connectivity index (χ1) is 13.7. The van der Waals surface area contributed by atoms with Gasteiger partial charge in [0.15, 0.2) is 0 Å². The number of amides is 1. The number of carbonyl (C=O) groups excluding carboxylic acids is 1. The molecule has 2 aromatic carbocycles. The van der Waals surface area contributed by atoms with Crippen LogP contribution >= 0.6 is 24.8 Å². The van der Waals surface area contributed by atoms with E-state index >= 15 is 0 Å². The largest absolute Gasteiger partial charge is 0.486 e. The standard InChI is InChI=1S/C22H26N4O2.2ClH/c1-16-11-17(12-23)13-25(16)22(27)14-26-20-10-6-5-9-19(20)24-21(26)15-28-18-7-3-2-4-8-18;;/h2-10,16-17H,11-15,23H2,1H3;2*1H. The van der Waals surface area contributed by atoms with Gasteiger partial charge < -0.3 is 19.9 Å². The van der Waals surface area contributed by atoms with E-state index in [0.29, 0.717) is 19.1 Å². The van der Waals surface area contributed by atoms with Gasteiger partial charge in [0.05, 0.1) is 11.0 Å². The molecule has 0 saturated carbocycles. The number of likely N-dealkylation sites (tertiary alicyclic amines) is 1. The molecule has 2 N–H and O–H groups in total. The number of hydrogen-bond acceptors (Lipinski definition) is 4. The smallest absolute Gasteiger partial charge is 0.242 e. The number of para-hydroxylation sites is 3. The number of nitrogens with zero attached hydrogens (tertiary/aromatic N) is 3. The minimum absolute atomic E-state index is 0. The Balaban J connectivity index is 0.00000160. The molecule has 4 rings (SSSR count). The van der Waals surface area contributed by atoms with Crippen LogP contribution < -0.4 is 10.5 Å². The summed E-state index contributed by atoms with van der Waals surface area (Å²) in [5, 5.41) is 0. The highest BCUT2D eigenvalue weighted by atomic mass is 35.5. The molecule has 2 unspecified atom stereocenters. The summed E-state index contributed by atoms with van der Waals surface area (Å²) < 4.78 is 7.88. The number of ether oxygens (including phenoxy) is 1. The second-order valence-electron chi connectivity index (χ2n) is 7.44. The summed E-state index contributed by atoms with van der Waals surface area (Å²) in [5.41, 5.74) is 7.64. The van der Waals surface area contributed by atoms with E-state index in [2.05, 4.69) is 6.92 Å². The Bertz CT molecular complexity index is 964. The van der Waals surface area contributed by atoms with Crippen molar-refractivity contribution < 1.29 is 9.53 Å². The summed E-state index contributed by atoms with van der Waals surface area (Å²) >= 11 is 0. The Morgan fingerprint density at radius 3 is 2.53 bits per heavy atom. The quantitative estimate of drug-likeness (QED) is 0.621. The molecule has 1 aliphatic rings. The van der Waals surface area contributed by atoms with E-state index in [4.69, 9.17) is 15.5 Å². The van der Waals surface area contributed by atoms with E-state index in [9.17, 15) is 4.79 Å². The van der Waals surface area contributed by atoms with Crippen LogP contribution in [0.1, 0.15) is 19.2 Å². The summed E-state index contributed by atoms with van der Waals surface area (Å²) in [4.78, 5) is 19.7. The number of hydrogen-bond donors (Lipinski definition) is 1. The first-order valence-electron chi connectivity index (χ1n) is 9.77. The van der Waals surface area contributed by atoms with Crippen molar-refractivity contribution in [2.75, 3.05) is 13.1 Å². The molecule has 0 bridgehead atoms. The van der Waals surface area contributed by atoms with Gasteiger partial charge in [-0.25, -0.2) is 4.98 Å². The Labute approximate surface area is 189 Å². The predicted molar refractivity (Wildman–Crippen MR) is 123 cm³/mol. The molecular weight excluding hydrogens is 423 g/mol. The second-order valence-corrected chi connectivity index (χ2v) is 7.44. The van der Waals surface area contributed by atoms with Gasteiger partial charge in [-0.1, -0.05) is 30.3 Å². The van der Waals surface area contributed by atoms with Crippen molar-refractivity contribution >= 4 is 41.8 Å². The minimum atomic E-state index is 0. The fourth-order valence-corrected chi connectivity index (χ4v) is 3.96. The lowest BCUT2D eigenvalue weighted by atomic mass is 10.1. The third-order valence-electron chi connectivity index (χ3n) is 5.45.